The predicted molar refractivity (Wildman–Crippen MR) is 45.0 cm³/mol. The molecule has 1 heterocycles. The van der Waals surface area contributed by atoms with Crippen molar-refractivity contribution in [2.45, 2.75) is 32.9 Å². The van der Waals surface area contributed by atoms with Gasteiger partial charge in [0.25, 0.3) is 0 Å². The Balaban J connectivity index is 2.54. The highest BCUT2D eigenvalue weighted by Gasteiger charge is 1.98. The van der Waals surface area contributed by atoms with Gasteiger partial charge in [-0.05, 0) is 6.42 Å². The first kappa shape index (κ1) is 8.27. The fourth-order valence-electron chi connectivity index (χ4n) is 1.07. The molecule has 0 aliphatic rings. The molecule has 0 radical (unpaired) electrons. The Bertz CT molecular complexity index is 205. The third-order valence-electron chi connectivity index (χ3n) is 1.75. The minimum Gasteiger partial charge on any atom is -0.322 e. The number of aromatic nitrogens is 2. The molecule has 0 bridgehead atoms. The molecule has 11 heavy (non-hydrogen) atoms. The topological polar surface area (TPSA) is 43.8 Å². The van der Waals surface area contributed by atoms with Crippen molar-refractivity contribution in [2.75, 3.05) is 0 Å². The van der Waals surface area contributed by atoms with E-state index in [2.05, 4.69) is 11.9 Å². The largest absolute Gasteiger partial charge is 0.322 e. The van der Waals surface area contributed by atoms with E-state index in [1.807, 2.05) is 10.8 Å². The van der Waals surface area contributed by atoms with Crippen molar-refractivity contribution in [3.05, 3.63) is 18.2 Å². The second kappa shape index (κ2) is 4.13. The summed E-state index contributed by atoms with van der Waals surface area (Å²) in [6.45, 7) is 2.72. The van der Waals surface area contributed by atoms with Gasteiger partial charge in [-0.1, -0.05) is 13.3 Å². The Hall–Kier alpha value is -0.830. The SMILES string of the molecule is CCCCc1nccn1CN. The normalized spacial score (nSPS) is 10.4. The van der Waals surface area contributed by atoms with E-state index in [-0.39, 0.29) is 0 Å². The van der Waals surface area contributed by atoms with Crippen LogP contribution in [-0.2, 0) is 13.1 Å². The lowest BCUT2D eigenvalue weighted by atomic mass is 10.2. The molecule has 0 aliphatic carbocycles. The van der Waals surface area contributed by atoms with E-state index in [9.17, 15) is 0 Å². The molecular weight excluding hydrogens is 138 g/mol. The molecule has 0 spiro atoms. The van der Waals surface area contributed by atoms with E-state index < -0.39 is 0 Å². The van der Waals surface area contributed by atoms with Crippen molar-refractivity contribution in [1.82, 2.24) is 9.55 Å². The minimum atomic E-state index is 0.541. The molecule has 0 fully saturated rings. The molecule has 1 aromatic heterocycles. The quantitative estimate of drug-likeness (QED) is 0.705. The summed E-state index contributed by atoms with van der Waals surface area (Å²) in [6.07, 6.45) is 7.16. The maximum Gasteiger partial charge on any atom is 0.109 e. The van der Waals surface area contributed by atoms with Crippen molar-refractivity contribution in [2.24, 2.45) is 5.73 Å². The van der Waals surface area contributed by atoms with Gasteiger partial charge in [0.1, 0.15) is 5.82 Å². The average Bonchev–Trinajstić information content (AvgIpc) is 2.47. The van der Waals surface area contributed by atoms with E-state index in [4.69, 9.17) is 5.73 Å². The molecule has 1 aromatic rings. The highest BCUT2D eigenvalue weighted by Crippen LogP contribution is 2.01. The van der Waals surface area contributed by atoms with Gasteiger partial charge < -0.3 is 10.3 Å². The lowest BCUT2D eigenvalue weighted by Gasteiger charge is -2.02. The zero-order valence-corrected chi connectivity index (χ0v) is 6.95. The van der Waals surface area contributed by atoms with Crippen LogP contribution in [-0.4, -0.2) is 9.55 Å². The zero-order valence-electron chi connectivity index (χ0n) is 6.95. The molecule has 0 amide bonds. The summed E-state index contributed by atoms with van der Waals surface area (Å²) in [6, 6.07) is 0. The molecular formula is C8H15N3. The fourth-order valence-corrected chi connectivity index (χ4v) is 1.07. The van der Waals surface area contributed by atoms with Gasteiger partial charge in [-0.15, -0.1) is 0 Å². The molecule has 3 heteroatoms. The summed E-state index contributed by atoms with van der Waals surface area (Å²) in [5.41, 5.74) is 5.49. The molecule has 0 aliphatic heterocycles. The maximum absolute atomic E-state index is 5.49. The third-order valence-corrected chi connectivity index (χ3v) is 1.75. The first-order valence-corrected chi connectivity index (χ1v) is 4.08. The van der Waals surface area contributed by atoms with Crippen LogP contribution in [0.3, 0.4) is 0 Å². The van der Waals surface area contributed by atoms with Gasteiger partial charge in [0.2, 0.25) is 0 Å². The predicted octanol–water partition coefficient (Wildman–Crippen LogP) is 1.14. The number of rotatable bonds is 4. The van der Waals surface area contributed by atoms with Gasteiger partial charge in [0.15, 0.2) is 0 Å². The molecule has 1 rings (SSSR count). The van der Waals surface area contributed by atoms with Crippen LogP contribution in [0.5, 0.6) is 0 Å². The summed E-state index contributed by atoms with van der Waals surface area (Å²) in [5, 5.41) is 0. The second-order valence-electron chi connectivity index (χ2n) is 2.60. The van der Waals surface area contributed by atoms with E-state index >= 15 is 0 Å². The molecule has 2 N–H and O–H groups in total. The molecule has 0 saturated carbocycles. The summed E-state index contributed by atoms with van der Waals surface area (Å²) in [7, 11) is 0. The molecule has 62 valence electrons. The Morgan fingerprint density at radius 3 is 3.09 bits per heavy atom. The van der Waals surface area contributed by atoms with Gasteiger partial charge in [-0.25, -0.2) is 4.98 Å². The van der Waals surface area contributed by atoms with Gasteiger partial charge in [0, 0.05) is 18.8 Å². The molecule has 0 saturated heterocycles. The van der Waals surface area contributed by atoms with Crippen molar-refractivity contribution in [1.29, 1.82) is 0 Å². The Morgan fingerprint density at radius 2 is 2.45 bits per heavy atom. The summed E-state index contributed by atoms with van der Waals surface area (Å²) in [4.78, 5) is 4.21. The van der Waals surface area contributed by atoms with Crippen LogP contribution in [0.15, 0.2) is 12.4 Å². The van der Waals surface area contributed by atoms with Crippen LogP contribution < -0.4 is 5.73 Å². The van der Waals surface area contributed by atoms with Crippen LogP contribution in [0.1, 0.15) is 25.6 Å². The van der Waals surface area contributed by atoms with Crippen LogP contribution in [0.4, 0.5) is 0 Å². The molecule has 0 aromatic carbocycles. The smallest absolute Gasteiger partial charge is 0.109 e. The average molecular weight is 153 g/mol. The van der Waals surface area contributed by atoms with Crippen LogP contribution in [0.2, 0.25) is 0 Å². The number of hydrogen-bond acceptors (Lipinski definition) is 2. The molecule has 0 unspecified atom stereocenters. The number of imidazole rings is 1. The van der Waals surface area contributed by atoms with Gasteiger partial charge in [-0.2, -0.15) is 0 Å². The van der Waals surface area contributed by atoms with E-state index in [0.29, 0.717) is 6.67 Å². The lowest BCUT2D eigenvalue weighted by molar-refractivity contribution is 0.648. The third kappa shape index (κ3) is 2.05. The van der Waals surface area contributed by atoms with E-state index in [0.717, 1.165) is 12.2 Å². The van der Waals surface area contributed by atoms with E-state index in [1.54, 1.807) is 6.20 Å². The standard InChI is InChI=1S/C8H15N3/c1-2-3-4-8-10-5-6-11(8)7-9/h5-6H,2-4,7,9H2,1H3. The lowest BCUT2D eigenvalue weighted by Crippen LogP contribution is -2.09. The van der Waals surface area contributed by atoms with Crippen LogP contribution in [0, 0.1) is 0 Å². The van der Waals surface area contributed by atoms with Gasteiger partial charge in [0.05, 0.1) is 6.67 Å². The summed E-state index contributed by atoms with van der Waals surface area (Å²) >= 11 is 0. The molecule has 0 atom stereocenters. The Labute approximate surface area is 67.2 Å². The van der Waals surface area contributed by atoms with Crippen LogP contribution >= 0.6 is 0 Å². The second-order valence-corrected chi connectivity index (χ2v) is 2.60. The Morgan fingerprint density at radius 1 is 1.64 bits per heavy atom. The molecule has 3 nitrogen and oxygen atoms in total. The van der Waals surface area contributed by atoms with E-state index in [1.165, 1.54) is 12.8 Å². The maximum atomic E-state index is 5.49. The van der Waals surface area contributed by atoms with Crippen molar-refractivity contribution in [3.8, 4) is 0 Å². The van der Waals surface area contributed by atoms with Crippen molar-refractivity contribution < 1.29 is 0 Å². The highest BCUT2D eigenvalue weighted by molar-refractivity contribution is 4.91. The van der Waals surface area contributed by atoms with Crippen molar-refractivity contribution >= 4 is 0 Å². The monoisotopic (exact) mass is 153 g/mol. The summed E-state index contributed by atoms with van der Waals surface area (Å²) < 4.78 is 1.98. The summed E-state index contributed by atoms with van der Waals surface area (Å²) in [5.74, 6) is 1.11. The first-order valence-electron chi connectivity index (χ1n) is 4.08. The first-order chi connectivity index (χ1) is 5.38. The number of aryl methyl sites for hydroxylation is 1. The van der Waals surface area contributed by atoms with Gasteiger partial charge in [-0.3, -0.25) is 0 Å². The zero-order chi connectivity index (χ0) is 8.10. The Kier molecular flexibility index (Phi) is 3.11. The number of nitrogens with two attached hydrogens (primary N) is 1. The minimum absolute atomic E-state index is 0.541. The van der Waals surface area contributed by atoms with Crippen molar-refractivity contribution in [3.63, 3.8) is 0 Å². The fraction of sp³-hybridized carbons (Fsp3) is 0.625. The number of hydrogen-bond donors (Lipinski definition) is 1. The highest BCUT2D eigenvalue weighted by atomic mass is 15.1. The van der Waals surface area contributed by atoms with Gasteiger partial charge >= 0.3 is 0 Å². The number of unbranched alkanes of at least 4 members (excludes halogenated alkanes) is 1. The van der Waals surface area contributed by atoms with Crippen LogP contribution in [0.25, 0.3) is 0 Å². The number of nitrogens with zero attached hydrogens (tertiary/aromatic N) is 2.